The predicted molar refractivity (Wildman–Crippen MR) is 141 cm³/mol. The number of fused-ring (bicyclic) bond motifs is 2. The van der Waals surface area contributed by atoms with E-state index >= 15 is 0 Å². The molecule has 34 heavy (non-hydrogen) atoms. The summed E-state index contributed by atoms with van der Waals surface area (Å²) in [4.78, 5) is 21.1. The van der Waals surface area contributed by atoms with Crippen LogP contribution in [0, 0.1) is 13.8 Å². The van der Waals surface area contributed by atoms with Crippen molar-refractivity contribution in [3.05, 3.63) is 101 Å². The third kappa shape index (κ3) is 4.03. The maximum atomic E-state index is 14.3. The first-order valence-electron chi connectivity index (χ1n) is 11.4. The fraction of sp³-hybridized carbons (Fsp3) is 0.172. The van der Waals surface area contributed by atoms with Crippen LogP contribution in [0.3, 0.4) is 0 Å². The Labute approximate surface area is 203 Å². The third-order valence-electron chi connectivity index (χ3n) is 5.99. The number of amides is 1. The maximum Gasteiger partial charge on any atom is 0.264 e. The molecule has 0 fully saturated rings. The van der Waals surface area contributed by atoms with Gasteiger partial charge in [-0.25, -0.2) is 4.98 Å². The highest BCUT2D eigenvalue weighted by atomic mass is 32.1. The Morgan fingerprint density at radius 3 is 2.41 bits per heavy atom. The number of aromatic nitrogens is 1. The van der Waals surface area contributed by atoms with E-state index in [-0.39, 0.29) is 5.91 Å². The first kappa shape index (κ1) is 22.1. The average molecular weight is 467 g/mol. The van der Waals surface area contributed by atoms with Crippen LogP contribution in [0.4, 0.5) is 5.13 Å². The largest absolute Gasteiger partial charge is 0.493 e. The lowest BCUT2D eigenvalue weighted by Gasteiger charge is -2.22. The van der Waals surface area contributed by atoms with Crippen LogP contribution in [-0.4, -0.2) is 17.5 Å². The van der Waals surface area contributed by atoms with Crippen molar-refractivity contribution in [2.45, 2.75) is 27.3 Å². The van der Waals surface area contributed by atoms with E-state index in [0.29, 0.717) is 29.6 Å². The van der Waals surface area contributed by atoms with Gasteiger partial charge in [0.1, 0.15) is 5.75 Å². The molecular weight excluding hydrogens is 440 g/mol. The van der Waals surface area contributed by atoms with Crippen LogP contribution in [0.5, 0.6) is 5.75 Å². The molecular formula is C29H26N2O2S. The molecule has 5 aromatic rings. The van der Waals surface area contributed by atoms with Gasteiger partial charge in [0.05, 0.1) is 28.9 Å². The van der Waals surface area contributed by atoms with Crippen LogP contribution in [0.25, 0.3) is 21.0 Å². The topological polar surface area (TPSA) is 42.4 Å². The van der Waals surface area contributed by atoms with Gasteiger partial charge in [-0.2, -0.15) is 0 Å². The second-order valence-corrected chi connectivity index (χ2v) is 9.32. The minimum absolute atomic E-state index is 0.113. The van der Waals surface area contributed by atoms with E-state index in [1.807, 2.05) is 73.7 Å². The Bertz CT molecular complexity index is 1450. The quantitative estimate of drug-likeness (QED) is 0.263. The van der Waals surface area contributed by atoms with Crippen LogP contribution in [0.1, 0.15) is 34.0 Å². The van der Waals surface area contributed by atoms with Gasteiger partial charge < -0.3 is 4.74 Å². The third-order valence-corrected chi connectivity index (χ3v) is 7.21. The highest BCUT2D eigenvalue weighted by Crippen LogP contribution is 2.37. The van der Waals surface area contributed by atoms with Crippen molar-refractivity contribution in [3.63, 3.8) is 0 Å². The number of carbonyl (C=O) groups is 1. The molecule has 0 saturated carbocycles. The van der Waals surface area contributed by atoms with Crippen molar-refractivity contribution in [2.75, 3.05) is 11.5 Å². The molecule has 0 aliphatic heterocycles. The average Bonchev–Trinajstić information content (AvgIpc) is 3.32. The summed E-state index contributed by atoms with van der Waals surface area (Å²) < 4.78 is 7.05. The lowest BCUT2D eigenvalue weighted by molar-refractivity contribution is 0.0983. The summed E-state index contributed by atoms with van der Waals surface area (Å²) >= 11 is 1.57. The minimum atomic E-state index is -0.113. The molecule has 0 bridgehead atoms. The van der Waals surface area contributed by atoms with Gasteiger partial charge in [-0.05, 0) is 54.3 Å². The molecule has 0 atom stereocenters. The van der Waals surface area contributed by atoms with Gasteiger partial charge in [-0.1, -0.05) is 84.1 Å². The number of nitrogens with zero attached hydrogens (tertiary/aromatic N) is 2. The first-order valence-corrected chi connectivity index (χ1v) is 12.3. The maximum absolute atomic E-state index is 14.3. The van der Waals surface area contributed by atoms with Gasteiger partial charge in [-0.15, -0.1) is 0 Å². The van der Waals surface area contributed by atoms with E-state index in [1.165, 1.54) is 0 Å². The summed E-state index contributed by atoms with van der Waals surface area (Å²) in [5.41, 5.74) is 4.84. The Hall–Kier alpha value is -3.70. The zero-order valence-corrected chi connectivity index (χ0v) is 20.4. The number of aryl methyl sites for hydroxylation is 2. The second-order valence-electron chi connectivity index (χ2n) is 8.34. The van der Waals surface area contributed by atoms with Crippen molar-refractivity contribution in [1.82, 2.24) is 4.98 Å². The van der Waals surface area contributed by atoms with E-state index in [0.717, 1.165) is 37.7 Å². The summed E-state index contributed by atoms with van der Waals surface area (Å²) in [6.45, 7) is 6.99. The normalized spacial score (nSPS) is 11.1. The van der Waals surface area contributed by atoms with Gasteiger partial charge in [0.2, 0.25) is 0 Å². The summed E-state index contributed by atoms with van der Waals surface area (Å²) in [5, 5.41) is 2.58. The van der Waals surface area contributed by atoms with Gasteiger partial charge >= 0.3 is 0 Å². The molecule has 170 valence electrons. The molecule has 0 aliphatic rings. The molecule has 5 heteroatoms. The van der Waals surface area contributed by atoms with Crippen molar-refractivity contribution in [1.29, 1.82) is 0 Å². The van der Waals surface area contributed by atoms with Gasteiger partial charge in [0.25, 0.3) is 5.91 Å². The zero-order chi connectivity index (χ0) is 23.7. The van der Waals surface area contributed by atoms with Crippen molar-refractivity contribution in [3.8, 4) is 5.75 Å². The van der Waals surface area contributed by atoms with Crippen molar-refractivity contribution >= 4 is 43.4 Å². The summed E-state index contributed by atoms with van der Waals surface area (Å²) in [5.74, 6) is 0.483. The number of anilines is 1. The number of thiazole rings is 1. The van der Waals surface area contributed by atoms with E-state index in [9.17, 15) is 4.79 Å². The Kier molecular flexibility index (Phi) is 6.03. The Morgan fingerprint density at radius 1 is 0.912 bits per heavy atom. The Morgan fingerprint density at radius 2 is 1.65 bits per heavy atom. The monoisotopic (exact) mass is 466 g/mol. The van der Waals surface area contributed by atoms with Crippen LogP contribution in [0.15, 0.2) is 78.9 Å². The smallest absolute Gasteiger partial charge is 0.264 e. The van der Waals surface area contributed by atoms with E-state index in [2.05, 4.69) is 26.0 Å². The number of hydrogen-bond donors (Lipinski definition) is 0. The zero-order valence-electron chi connectivity index (χ0n) is 19.5. The standard InChI is InChI=1S/C29H26N2O2S/c1-4-33-24-17-16-22-12-8-9-13-23(22)25(24)28(32)31(18-21-10-6-5-7-11-21)29-30-26-19(2)14-15-20(3)27(26)34-29/h5-17H,4,18H2,1-3H3. The fourth-order valence-corrected chi connectivity index (χ4v) is 5.35. The van der Waals surface area contributed by atoms with Gasteiger partial charge in [0, 0.05) is 0 Å². The molecule has 4 aromatic carbocycles. The Balaban J connectivity index is 1.70. The predicted octanol–water partition coefficient (Wildman–Crippen LogP) is 7.31. The molecule has 0 N–H and O–H groups in total. The van der Waals surface area contributed by atoms with Gasteiger partial charge in [-0.3, -0.25) is 9.69 Å². The first-order chi connectivity index (χ1) is 16.6. The van der Waals surface area contributed by atoms with E-state index < -0.39 is 0 Å². The number of carbonyl (C=O) groups excluding carboxylic acids is 1. The van der Waals surface area contributed by atoms with Crippen molar-refractivity contribution in [2.24, 2.45) is 0 Å². The van der Waals surface area contributed by atoms with E-state index in [1.54, 1.807) is 16.2 Å². The van der Waals surface area contributed by atoms with Gasteiger partial charge in [0.15, 0.2) is 5.13 Å². The van der Waals surface area contributed by atoms with E-state index in [4.69, 9.17) is 9.72 Å². The highest BCUT2D eigenvalue weighted by molar-refractivity contribution is 7.22. The summed E-state index contributed by atoms with van der Waals surface area (Å²) in [6.07, 6.45) is 0. The molecule has 0 saturated heterocycles. The molecule has 1 heterocycles. The molecule has 4 nitrogen and oxygen atoms in total. The molecule has 1 amide bonds. The fourth-order valence-electron chi connectivity index (χ4n) is 4.24. The molecule has 0 spiro atoms. The second kappa shape index (κ2) is 9.27. The lowest BCUT2D eigenvalue weighted by Crippen LogP contribution is -2.31. The minimum Gasteiger partial charge on any atom is -0.493 e. The van der Waals surface area contributed by atoms with Crippen LogP contribution in [-0.2, 0) is 6.54 Å². The molecule has 0 aliphatic carbocycles. The highest BCUT2D eigenvalue weighted by Gasteiger charge is 2.27. The van der Waals surface area contributed by atoms with Crippen molar-refractivity contribution < 1.29 is 9.53 Å². The van der Waals surface area contributed by atoms with Crippen LogP contribution in [0.2, 0.25) is 0 Å². The molecule has 0 radical (unpaired) electrons. The number of hydrogen-bond acceptors (Lipinski definition) is 4. The lowest BCUT2D eigenvalue weighted by atomic mass is 10.0. The summed E-state index contributed by atoms with van der Waals surface area (Å²) in [7, 11) is 0. The number of benzene rings is 4. The SMILES string of the molecule is CCOc1ccc2ccccc2c1C(=O)N(Cc1ccccc1)c1nc2c(C)ccc(C)c2s1. The molecule has 5 rings (SSSR count). The molecule has 1 aromatic heterocycles. The van der Waals surface area contributed by atoms with Crippen LogP contribution < -0.4 is 9.64 Å². The molecule has 0 unspecified atom stereocenters. The summed E-state index contributed by atoms with van der Waals surface area (Å²) in [6, 6.07) is 26.1. The van der Waals surface area contributed by atoms with Crippen LogP contribution >= 0.6 is 11.3 Å². The number of ether oxygens (including phenoxy) is 1. The number of rotatable bonds is 6.